The van der Waals surface area contributed by atoms with Gasteiger partial charge in [0, 0.05) is 69.6 Å². The molecule has 9 nitrogen and oxygen atoms in total. The van der Waals surface area contributed by atoms with Crippen molar-refractivity contribution in [2.45, 2.75) is 116 Å². The van der Waals surface area contributed by atoms with E-state index in [1.807, 2.05) is 30.9 Å². The molecule has 1 aliphatic carbocycles. The van der Waals surface area contributed by atoms with Crippen molar-refractivity contribution >= 4 is 18.0 Å². The lowest BCUT2D eigenvalue weighted by Gasteiger charge is -2.52. The summed E-state index contributed by atoms with van der Waals surface area (Å²) in [6.07, 6.45) is 8.73. The minimum absolute atomic E-state index is 0.0623. The van der Waals surface area contributed by atoms with Crippen LogP contribution in [0.25, 0.3) is 0 Å². The van der Waals surface area contributed by atoms with Crippen LogP contribution in [0.15, 0.2) is 12.1 Å². The zero-order valence-corrected chi connectivity index (χ0v) is 29.1. The van der Waals surface area contributed by atoms with Gasteiger partial charge in [0.05, 0.1) is 7.11 Å². The molecule has 0 radical (unpaired) electrons. The summed E-state index contributed by atoms with van der Waals surface area (Å²) in [6.45, 7) is 11.6. The van der Waals surface area contributed by atoms with Crippen LogP contribution in [0.5, 0.6) is 5.75 Å². The average molecular weight is 682 g/mol. The Morgan fingerprint density at radius 2 is 1.58 bits per heavy atom. The number of piperidine rings is 2. The molecule has 3 heterocycles. The number of carbonyl (C=O) groups is 3. The quantitative estimate of drug-likeness (QED) is 0.309. The summed E-state index contributed by atoms with van der Waals surface area (Å²) in [7, 11) is 1.67. The lowest BCUT2D eigenvalue weighted by atomic mass is 9.75. The molecule has 3 saturated heterocycles. The van der Waals surface area contributed by atoms with Crippen LogP contribution in [0.2, 0.25) is 0 Å². The van der Waals surface area contributed by atoms with E-state index >= 15 is 0 Å². The first-order valence-electron chi connectivity index (χ1n) is 17.7. The molecule has 1 atom stereocenters. The van der Waals surface area contributed by atoms with Crippen molar-refractivity contribution in [1.29, 1.82) is 0 Å². The van der Waals surface area contributed by atoms with Crippen LogP contribution in [0, 0.1) is 25.7 Å². The van der Waals surface area contributed by atoms with E-state index in [1.54, 1.807) is 7.11 Å². The molecule has 0 bridgehead atoms. The number of ether oxygens (including phenoxy) is 2. The van der Waals surface area contributed by atoms with Crippen molar-refractivity contribution < 1.29 is 42.1 Å². The van der Waals surface area contributed by atoms with Gasteiger partial charge in [0.1, 0.15) is 11.4 Å². The van der Waals surface area contributed by atoms with E-state index in [9.17, 15) is 22.8 Å². The van der Waals surface area contributed by atoms with Gasteiger partial charge < -0.3 is 24.4 Å². The van der Waals surface area contributed by atoms with Gasteiger partial charge in [-0.3, -0.25) is 9.69 Å². The highest BCUT2D eigenvalue weighted by molar-refractivity contribution is 5.97. The maximum atomic E-state index is 13.5. The van der Waals surface area contributed by atoms with E-state index in [0.717, 1.165) is 93.8 Å². The van der Waals surface area contributed by atoms with Gasteiger partial charge in [-0.15, -0.1) is 0 Å². The summed E-state index contributed by atoms with van der Waals surface area (Å²) in [4.78, 5) is 42.4. The van der Waals surface area contributed by atoms with Crippen molar-refractivity contribution in [3.05, 3.63) is 28.8 Å². The first-order valence-corrected chi connectivity index (χ1v) is 17.7. The molecule has 48 heavy (non-hydrogen) atoms. The smallest absolute Gasteiger partial charge is 0.490 e. The number of aliphatic carboxylic acids is 1. The predicted molar refractivity (Wildman–Crippen MR) is 176 cm³/mol. The molecule has 1 unspecified atom stereocenters. The standard InChI is InChI=1S/C34H53N3O4.C2HF3O2/c1-5-6-12-28-24-37(23-27-10-8-7-9-11-27)33(39)41-34(28)15-19-35(20-16-34)29-13-17-36(18-14-29)32(38)31-25(2)21-30(40-4)22-26(31)3;3-2(4,5)1(6)7/h21-22,27-29H,5-20,23-24H2,1-4H3;(H,6,7). The molecule has 1 aromatic carbocycles. The van der Waals surface area contributed by atoms with Crippen LogP contribution in [0.1, 0.15) is 105 Å². The number of methoxy groups -OCH3 is 1. The number of hydrogen-bond acceptors (Lipinski definition) is 6. The Balaban J connectivity index is 0.000000671. The van der Waals surface area contributed by atoms with Crippen LogP contribution in [0.4, 0.5) is 18.0 Å². The second kappa shape index (κ2) is 16.6. The lowest BCUT2D eigenvalue weighted by Crippen LogP contribution is -2.61. The number of amides is 2. The number of carboxylic acids is 1. The molecule has 3 aliphatic heterocycles. The van der Waals surface area contributed by atoms with Gasteiger partial charge in [-0.1, -0.05) is 39.0 Å². The van der Waals surface area contributed by atoms with E-state index in [2.05, 4.69) is 16.7 Å². The molecular weight excluding hydrogens is 627 g/mol. The van der Waals surface area contributed by atoms with Crippen LogP contribution < -0.4 is 4.74 Å². The molecule has 1 saturated carbocycles. The maximum absolute atomic E-state index is 13.5. The first-order chi connectivity index (χ1) is 22.8. The molecule has 1 N–H and O–H groups in total. The van der Waals surface area contributed by atoms with Gasteiger partial charge in [0.2, 0.25) is 0 Å². The summed E-state index contributed by atoms with van der Waals surface area (Å²) in [6, 6.07) is 4.40. The summed E-state index contributed by atoms with van der Waals surface area (Å²) < 4.78 is 43.6. The second-order valence-corrected chi connectivity index (χ2v) is 14.2. The fourth-order valence-corrected chi connectivity index (χ4v) is 8.21. The van der Waals surface area contributed by atoms with Gasteiger partial charge in [-0.05, 0) is 75.1 Å². The number of nitrogens with zero attached hydrogens (tertiary/aromatic N) is 3. The monoisotopic (exact) mass is 681 g/mol. The molecule has 4 fully saturated rings. The number of alkyl halides is 3. The van der Waals surface area contributed by atoms with Crippen LogP contribution in [-0.4, -0.2) is 102 Å². The van der Waals surface area contributed by atoms with Crippen molar-refractivity contribution in [1.82, 2.24) is 14.7 Å². The molecule has 5 rings (SSSR count). The van der Waals surface area contributed by atoms with E-state index < -0.39 is 12.1 Å². The van der Waals surface area contributed by atoms with Crippen LogP contribution in [-0.2, 0) is 9.53 Å². The number of hydrogen-bond donors (Lipinski definition) is 1. The lowest BCUT2D eigenvalue weighted by molar-refractivity contribution is -0.192. The number of unbranched alkanes of at least 4 members (excludes halogenated alkanes) is 1. The molecule has 4 aliphatic rings. The van der Waals surface area contributed by atoms with Crippen molar-refractivity contribution in [3.63, 3.8) is 0 Å². The summed E-state index contributed by atoms with van der Waals surface area (Å²) in [5, 5.41) is 7.12. The topological polar surface area (TPSA) is 99.6 Å². The fraction of sp³-hybridized carbons (Fsp3) is 0.750. The normalized spacial score (nSPS) is 22.6. The Hall–Kier alpha value is -3.02. The van der Waals surface area contributed by atoms with Crippen LogP contribution in [0.3, 0.4) is 0 Å². The zero-order valence-electron chi connectivity index (χ0n) is 29.1. The van der Waals surface area contributed by atoms with Gasteiger partial charge in [0.25, 0.3) is 5.91 Å². The summed E-state index contributed by atoms with van der Waals surface area (Å²) >= 11 is 0. The molecule has 0 aromatic heterocycles. The number of halogens is 3. The van der Waals surface area contributed by atoms with Crippen molar-refractivity contribution in [2.75, 3.05) is 46.4 Å². The third-order valence-electron chi connectivity index (χ3n) is 11.0. The molecule has 1 aromatic rings. The number of carbonyl (C=O) groups excluding carboxylic acids is 2. The Bertz CT molecular complexity index is 1230. The Kier molecular flexibility index (Phi) is 13.1. The largest absolute Gasteiger partial charge is 0.497 e. The van der Waals surface area contributed by atoms with Crippen LogP contribution >= 0.6 is 0 Å². The number of aryl methyl sites for hydroxylation is 2. The van der Waals surface area contributed by atoms with Crippen molar-refractivity contribution in [2.24, 2.45) is 11.8 Å². The predicted octanol–water partition coefficient (Wildman–Crippen LogP) is 7.22. The minimum atomic E-state index is -5.08. The highest BCUT2D eigenvalue weighted by Gasteiger charge is 2.50. The van der Waals surface area contributed by atoms with Gasteiger partial charge in [-0.25, -0.2) is 9.59 Å². The number of rotatable bonds is 8. The average Bonchev–Trinajstić information content (AvgIpc) is 3.06. The molecule has 270 valence electrons. The fourth-order valence-electron chi connectivity index (χ4n) is 8.21. The highest BCUT2D eigenvalue weighted by atomic mass is 19.4. The van der Waals surface area contributed by atoms with E-state index in [4.69, 9.17) is 19.4 Å². The SMILES string of the molecule is CCCCC1CN(CC2CCCCC2)C(=O)OC12CCN(C1CCN(C(=O)c3c(C)cc(OC)cc3C)CC1)CC2.O=C(O)C(F)(F)F. The Labute approximate surface area is 283 Å². The molecule has 1 spiro atoms. The minimum Gasteiger partial charge on any atom is -0.497 e. The van der Waals surface area contributed by atoms with Gasteiger partial charge >= 0.3 is 18.2 Å². The maximum Gasteiger partial charge on any atom is 0.490 e. The first kappa shape index (κ1) is 37.8. The third-order valence-corrected chi connectivity index (χ3v) is 11.0. The summed E-state index contributed by atoms with van der Waals surface area (Å²) in [5.41, 5.74) is 2.48. The Morgan fingerprint density at radius 1 is 1.00 bits per heavy atom. The number of likely N-dealkylation sites (tertiary alicyclic amines) is 2. The third kappa shape index (κ3) is 9.36. The number of benzene rings is 1. The van der Waals surface area contributed by atoms with Gasteiger partial charge in [0.15, 0.2) is 0 Å². The summed E-state index contributed by atoms with van der Waals surface area (Å²) in [5.74, 6) is -0.733. The zero-order chi connectivity index (χ0) is 35.1. The molecule has 12 heteroatoms. The van der Waals surface area contributed by atoms with E-state index in [0.29, 0.717) is 17.9 Å². The Morgan fingerprint density at radius 3 is 2.10 bits per heavy atom. The molecular formula is C36H54F3N3O6. The number of carboxylic acid groups (broad SMARTS) is 1. The van der Waals surface area contributed by atoms with Gasteiger partial charge in [-0.2, -0.15) is 13.2 Å². The van der Waals surface area contributed by atoms with Crippen molar-refractivity contribution in [3.8, 4) is 5.75 Å². The van der Waals surface area contributed by atoms with E-state index in [1.165, 1.54) is 44.9 Å². The highest BCUT2D eigenvalue weighted by Crippen LogP contribution is 2.42. The van der Waals surface area contributed by atoms with E-state index in [-0.39, 0.29) is 17.6 Å². The molecule has 2 amide bonds. The second-order valence-electron chi connectivity index (χ2n) is 14.2.